The third kappa shape index (κ3) is 4.20. The number of anilines is 1. The standard InChI is InChI=1S/C14H11Cl2NO3S/c1-8(20-14(19)12-3-2-6-21-12)13(18)17-11-7-9(15)4-5-10(11)16/h2-8H,1H3,(H,17,18)/t8-/m1/s1. The summed E-state index contributed by atoms with van der Waals surface area (Å²) in [5.74, 6) is -1.02. The molecule has 2 aromatic rings. The van der Waals surface area contributed by atoms with Gasteiger partial charge in [0.2, 0.25) is 0 Å². The maximum atomic E-state index is 12.0. The second-order valence-electron chi connectivity index (χ2n) is 4.14. The van der Waals surface area contributed by atoms with Gasteiger partial charge in [-0.2, -0.15) is 0 Å². The molecule has 1 amide bonds. The van der Waals surface area contributed by atoms with E-state index < -0.39 is 18.0 Å². The summed E-state index contributed by atoms with van der Waals surface area (Å²) in [4.78, 5) is 24.2. The summed E-state index contributed by atoms with van der Waals surface area (Å²) < 4.78 is 5.08. The van der Waals surface area contributed by atoms with Crippen LogP contribution in [-0.4, -0.2) is 18.0 Å². The van der Waals surface area contributed by atoms with Gasteiger partial charge in [-0.05, 0) is 36.6 Å². The zero-order valence-electron chi connectivity index (χ0n) is 10.9. The minimum atomic E-state index is -0.949. The Bertz CT molecular complexity index is 658. The number of hydrogen-bond acceptors (Lipinski definition) is 4. The summed E-state index contributed by atoms with van der Waals surface area (Å²) in [6.45, 7) is 1.49. The zero-order chi connectivity index (χ0) is 15.4. The minimum Gasteiger partial charge on any atom is -0.448 e. The first-order chi connectivity index (χ1) is 9.97. The van der Waals surface area contributed by atoms with Crippen molar-refractivity contribution >= 4 is 52.1 Å². The van der Waals surface area contributed by atoms with Gasteiger partial charge in [0.15, 0.2) is 6.10 Å². The molecule has 1 atom stereocenters. The summed E-state index contributed by atoms with van der Waals surface area (Å²) >= 11 is 13.0. The summed E-state index contributed by atoms with van der Waals surface area (Å²) in [5, 5.41) is 5.12. The number of nitrogens with one attached hydrogen (secondary N) is 1. The summed E-state index contributed by atoms with van der Waals surface area (Å²) in [7, 11) is 0. The number of halogens is 2. The van der Waals surface area contributed by atoms with E-state index >= 15 is 0 Å². The molecule has 2 rings (SSSR count). The molecule has 21 heavy (non-hydrogen) atoms. The number of rotatable bonds is 4. The Balaban J connectivity index is 1.99. The quantitative estimate of drug-likeness (QED) is 0.844. The molecule has 0 fully saturated rings. The topological polar surface area (TPSA) is 55.4 Å². The Labute approximate surface area is 135 Å². The SMILES string of the molecule is C[C@@H](OC(=O)c1cccs1)C(=O)Nc1cc(Cl)ccc1Cl. The molecule has 0 aliphatic carbocycles. The Morgan fingerprint density at radius 3 is 2.71 bits per heavy atom. The third-order valence-electron chi connectivity index (χ3n) is 2.56. The van der Waals surface area contributed by atoms with Crippen LogP contribution in [0.4, 0.5) is 5.69 Å². The van der Waals surface area contributed by atoms with Crippen LogP contribution in [0.2, 0.25) is 10.0 Å². The van der Waals surface area contributed by atoms with Crippen LogP contribution >= 0.6 is 34.5 Å². The Kier molecular flexibility index (Phi) is 5.22. The van der Waals surface area contributed by atoms with Crippen LogP contribution in [-0.2, 0) is 9.53 Å². The highest BCUT2D eigenvalue weighted by Gasteiger charge is 2.20. The van der Waals surface area contributed by atoms with Gasteiger partial charge < -0.3 is 10.1 Å². The van der Waals surface area contributed by atoms with Gasteiger partial charge in [-0.15, -0.1) is 11.3 Å². The van der Waals surface area contributed by atoms with Crippen molar-refractivity contribution < 1.29 is 14.3 Å². The van der Waals surface area contributed by atoms with Gasteiger partial charge in [0.1, 0.15) is 4.88 Å². The van der Waals surface area contributed by atoms with E-state index in [0.29, 0.717) is 20.6 Å². The molecule has 7 heteroatoms. The highest BCUT2D eigenvalue weighted by atomic mass is 35.5. The molecule has 110 valence electrons. The fourth-order valence-corrected chi connectivity index (χ4v) is 2.44. The highest BCUT2D eigenvalue weighted by Crippen LogP contribution is 2.25. The van der Waals surface area contributed by atoms with Crippen molar-refractivity contribution in [2.75, 3.05) is 5.32 Å². The molecule has 1 heterocycles. The van der Waals surface area contributed by atoms with Crippen molar-refractivity contribution in [3.63, 3.8) is 0 Å². The Hall–Kier alpha value is -1.56. The van der Waals surface area contributed by atoms with Crippen molar-refractivity contribution in [2.24, 2.45) is 0 Å². The van der Waals surface area contributed by atoms with Gasteiger partial charge in [0.05, 0.1) is 10.7 Å². The number of benzene rings is 1. The number of carbonyl (C=O) groups excluding carboxylic acids is 2. The maximum absolute atomic E-state index is 12.0. The Morgan fingerprint density at radius 2 is 2.05 bits per heavy atom. The molecule has 0 aliphatic heterocycles. The lowest BCUT2D eigenvalue weighted by molar-refractivity contribution is -0.123. The van der Waals surface area contributed by atoms with Crippen molar-refractivity contribution in [1.82, 2.24) is 0 Å². The van der Waals surface area contributed by atoms with Crippen LogP contribution in [0.1, 0.15) is 16.6 Å². The predicted molar refractivity (Wildman–Crippen MR) is 84.3 cm³/mol. The van der Waals surface area contributed by atoms with E-state index in [1.54, 1.807) is 29.6 Å². The first-order valence-corrected chi connectivity index (χ1v) is 7.61. The fourth-order valence-electron chi connectivity index (χ4n) is 1.49. The monoisotopic (exact) mass is 343 g/mol. The normalized spacial score (nSPS) is 11.8. The minimum absolute atomic E-state index is 0.351. The van der Waals surface area contributed by atoms with Gasteiger partial charge in [0, 0.05) is 5.02 Å². The van der Waals surface area contributed by atoms with Crippen LogP contribution in [0.5, 0.6) is 0 Å². The van der Waals surface area contributed by atoms with Gasteiger partial charge in [-0.25, -0.2) is 4.79 Å². The highest BCUT2D eigenvalue weighted by molar-refractivity contribution is 7.11. The van der Waals surface area contributed by atoms with Gasteiger partial charge >= 0.3 is 5.97 Å². The summed E-state index contributed by atoms with van der Waals surface area (Å²) in [6, 6.07) is 8.07. The smallest absolute Gasteiger partial charge is 0.349 e. The lowest BCUT2D eigenvalue weighted by Gasteiger charge is -2.14. The van der Waals surface area contributed by atoms with Crippen molar-refractivity contribution in [3.05, 3.63) is 50.6 Å². The first-order valence-electron chi connectivity index (χ1n) is 5.98. The molecule has 1 aromatic carbocycles. The van der Waals surface area contributed by atoms with E-state index in [0.717, 1.165) is 0 Å². The van der Waals surface area contributed by atoms with Crippen molar-refractivity contribution in [2.45, 2.75) is 13.0 Å². The van der Waals surface area contributed by atoms with Crippen LogP contribution < -0.4 is 5.32 Å². The van der Waals surface area contributed by atoms with E-state index in [-0.39, 0.29) is 0 Å². The number of amides is 1. The summed E-state index contributed by atoms with van der Waals surface area (Å²) in [6.07, 6.45) is -0.949. The largest absolute Gasteiger partial charge is 0.448 e. The van der Waals surface area contributed by atoms with E-state index in [9.17, 15) is 9.59 Å². The maximum Gasteiger partial charge on any atom is 0.349 e. The number of carbonyl (C=O) groups is 2. The second-order valence-corrected chi connectivity index (χ2v) is 5.93. The molecule has 0 saturated carbocycles. The molecule has 0 bridgehead atoms. The summed E-state index contributed by atoms with van der Waals surface area (Å²) in [5.41, 5.74) is 0.369. The molecule has 1 N–H and O–H groups in total. The van der Waals surface area contributed by atoms with Gasteiger partial charge in [0.25, 0.3) is 5.91 Å². The van der Waals surface area contributed by atoms with E-state index in [4.69, 9.17) is 27.9 Å². The third-order valence-corrected chi connectivity index (χ3v) is 3.98. The number of thiophene rings is 1. The van der Waals surface area contributed by atoms with Crippen molar-refractivity contribution in [3.8, 4) is 0 Å². The Morgan fingerprint density at radius 1 is 1.29 bits per heavy atom. The number of ether oxygens (including phenoxy) is 1. The zero-order valence-corrected chi connectivity index (χ0v) is 13.3. The molecular weight excluding hydrogens is 333 g/mol. The molecule has 0 unspecified atom stereocenters. The predicted octanol–water partition coefficient (Wildman–Crippen LogP) is 4.24. The van der Waals surface area contributed by atoms with Crippen LogP contribution in [0, 0.1) is 0 Å². The van der Waals surface area contributed by atoms with Crippen LogP contribution in [0.25, 0.3) is 0 Å². The first kappa shape index (κ1) is 15.8. The number of esters is 1. The molecule has 4 nitrogen and oxygen atoms in total. The second kappa shape index (κ2) is 6.93. The fraction of sp³-hybridized carbons (Fsp3) is 0.143. The average Bonchev–Trinajstić information content (AvgIpc) is 2.97. The molecule has 1 aromatic heterocycles. The average molecular weight is 344 g/mol. The van der Waals surface area contributed by atoms with Gasteiger partial charge in [-0.3, -0.25) is 4.79 Å². The lowest BCUT2D eigenvalue weighted by Crippen LogP contribution is -2.29. The van der Waals surface area contributed by atoms with Crippen LogP contribution in [0.3, 0.4) is 0 Å². The molecule has 0 spiro atoms. The van der Waals surface area contributed by atoms with E-state index in [2.05, 4.69) is 5.32 Å². The molecular formula is C14H11Cl2NO3S. The lowest BCUT2D eigenvalue weighted by atomic mass is 10.3. The van der Waals surface area contributed by atoms with Crippen molar-refractivity contribution in [1.29, 1.82) is 0 Å². The van der Waals surface area contributed by atoms with Gasteiger partial charge in [-0.1, -0.05) is 29.3 Å². The van der Waals surface area contributed by atoms with Crippen LogP contribution in [0.15, 0.2) is 35.7 Å². The number of hydrogen-bond donors (Lipinski definition) is 1. The molecule has 0 aliphatic rings. The van der Waals surface area contributed by atoms with E-state index in [1.165, 1.54) is 24.3 Å². The molecule has 0 saturated heterocycles. The van der Waals surface area contributed by atoms with E-state index in [1.807, 2.05) is 0 Å². The molecule has 0 radical (unpaired) electrons.